The van der Waals surface area contributed by atoms with Crippen molar-refractivity contribution in [1.82, 2.24) is 0 Å². The van der Waals surface area contributed by atoms with Crippen LogP contribution in [0.4, 0.5) is 0 Å². The Morgan fingerprint density at radius 2 is 1.93 bits per heavy atom. The maximum absolute atomic E-state index is 10.2. The molecule has 1 atom stereocenters. The van der Waals surface area contributed by atoms with E-state index in [1.807, 2.05) is 21.6 Å². The average Bonchev–Trinajstić information content (AvgIpc) is 2.68. The average molecular weight is 246 g/mol. The molecule has 1 aliphatic rings. The molecular formula is C11H18O2S2. The van der Waals surface area contributed by atoms with Crippen molar-refractivity contribution in [2.24, 2.45) is 0 Å². The van der Waals surface area contributed by atoms with Crippen LogP contribution in [-0.4, -0.2) is 16.3 Å². The van der Waals surface area contributed by atoms with Gasteiger partial charge in [-0.15, -0.1) is 0 Å². The Balaban J connectivity index is 1.80. The molecule has 0 aromatic rings. The van der Waals surface area contributed by atoms with E-state index < -0.39 is 5.97 Å². The third-order valence-corrected chi connectivity index (χ3v) is 4.83. The zero-order valence-corrected chi connectivity index (χ0v) is 10.5. The Bertz CT molecular complexity index is 217. The van der Waals surface area contributed by atoms with Crippen molar-refractivity contribution in [1.29, 1.82) is 0 Å². The molecule has 0 fully saturated rings. The first-order valence-corrected chi connectivity index (χ1v) is 7.77. The fourth-order valence-electron chi connectivity index (χ4n) is 1.55. The van der Waals surface area contributed by atoms with Gasteiger partial charge in [0.25, 0.3) is 0 Å². The molecule has 1 heterocycles. The van der Waals surface area contributed by atoms with Gasteiger partial charge in [0.05, 0.1) is 0 Å². The lowest BCUT2D eigenvalue weighted by molar-refractivity contribution is -0.137. The normalized spacial score (nSPS) is 19.6. The predicted octanol–water partition coefficient (Wildman–Crippen LogP) is 4.08. The Morgan fingerprint density at radius 1 is 1.20 bits per heavy atom. The molecule has 1 aliphatic heterocycles. The number of carbonyl (C=O) groups is 1. The number of carboxylic acids is 1. The summed E-state index contributed by atoms with van der Waals surface area (Å²) in [6, 6.07) is 0. The lowest BCUT2D eigenvalue weighted by Crippen LogP contribution is -1.95. The molecular weight excluding hydrogens is 228 g/mol. The largest absolute Gasteiger partial charge is 0.481 e. The van der Waals surface area contributed by atoms with Crippen molar-refractivity contribution in [3.63, 3.8) is 0 Å². The fourth-order valence-corrected chi connectivity index (χ4v) is 3.81. The Kier molecular flexibility index (Phi) is 7.01. The molecule has 0 aromatic carbocycles. The molecule has 86 valence electrons. The van der Waals surface area contributed by atoms with Crippen LogP contribution in [0.25, 0.3) is 0 Å². The van der Waals surface area contributed by atoms with E-state index in [2.05, 4.69) is 11.5 Å². The van der Waals surface area contributed by atoms with E-state index in [4.69, 9.17) is 5.11 Å². The number of carboxylic acid groups (broad SMARTS) is 1. The summed E-state index contributed by atoms with van der Waals surface area (Å²) >= 11 is 0. The Hall–Kier alpha value is -0.0900. The van der Waals surface area contributed by atoms with Crippen molar-refractivity contribution in [2.45, 2.75) is 50.2 Å². The number of unbranched alkanes of at least 4 members (excludes halogenated alkanes) is 4. The lowest BCUT2D eigenvalue weighted by atomic mass is 10.1. The van der Waals surface area contributed by atoms with E-state index >= 15 is 0 Å². The van der Waals surface area contributed by atoms with Crippen LogP contribution in [0.5, 0.6) is 0 Å². The topological polar surface area (TPSA) is 37.3 Å². The second-order valence-corrected chi connectivity index (χ2v) is 6.18. The molecule has 0 amide bonds. The van der Waals surface area contributed by atoms with Crippen LogP contribution in [0.15, 0.2) is 11.5 Å². The molecule has 1 rings (SSSR count). The van der Waals surface area contributed by atoms with Gasteiger partial charge in [-0.3, -0.25) is 4.79 Å². The Morgan fingerprint density at radius 3 is 2.60 bits per heavy atom. The molecule has 2 nitrogen and oxygen atoms in total. The zero-order chi connectivity index (χ0) is 10.9. The summed E-state index contributed by atoms with van der Waals surface area (Å²) < 4.78 is 0. The lowest BCUT2D eigenvalue weighted by Gasteiger charge is -2.05. The minimum Gasteiger partial charge on any atom is -0.481 e. The van der Waals surface area contributed by atoms with Gasteiger partial charge in [0.2, 0.25) is 0 Å². The van der Waals surface area contributed by atoms with E-state index in [1.165, 1.54) is 25.7 Å². The van der Waals surface area contributed by atoms with Crippen LogP contribution >= 0.6 is 21.6 Å². The quantitative estimate of drug-likeness (QED) is 0.517. The zero-order valence-electron chi connectivity index (χ0n) is 8.85. The van der Waals surface area contributed by atoms with Gasteiger partial charge in [0.15, 0.2) is 0 Å². The van der Waals surface area contributed by atoms with Crippen LogP contribution < -0.4 is 0 Å². The molecule has 0 spiro atoms. The highest BCUT2D eigenvalue weighted by Crippen LogP contribution is 2.37. The van der Waals surface area contributed by atoms with Crippen LogP contribution in [0, 0.1) is 0 Å². The monoisotopic (exact) mass is 246 g/mol. The van der Waals surface area contributed by atoms with E-state index in [-0.39, 0.29) is 0 Å². The van der Waals surface area contributed by atoms with Gasteiger partial charge >= 0.3 is 5.97 Å². The summed E-state index contributed by atoms with van der Waals surface area (Å²) in [5.41, 5.74) is 0. The van der Waals surface area contributed by atoms with E-state index in [0.717, 1.165) is 12.8 Å². The van der Waals surface area contributed by atoms with Gasteiger partial charge in [-0.2, -0.15) is 0 Å². The highest BCUT2D eigenvalue weighted by Gasteiger charge is 2.09. The minimum atomic E-state index is -0.667. The number of hydrogen-bond acceptors (Lipinski definition) is 3. The highest BCUT2D eigenvalue weighted by molar-refractivity contribution is 8.78. The third-order valence-electron chi connectivity index (χ3n) is 2.41. The summed E-state index contributed by atoms with van der Waals surface area (Å²) in [5.74, 6) is -0.667. The minimum absolute atomic E-state index is 0.331. The maximum atomic E-state index is 10.2. The van der Waals surface area contributed by atoms with Gasteiger partial charge < -0.3 is 5.11 Å². The van der Waals surface area contributed by atoms with Gasteiger partial charge in [-0.1, -0.05) is 53.3 Å². The summed E-state index contributed by atoms with van der Waals surface area (Å²) in [5, 5.41) is 11.3. The SMILES string of the molecule is O=C(O)CCCCCCCC1C=CSS1. The molecule has 0 saturated carbocycles. The molecule has 4 heteroatoms. The summed E-state index contributed by atoms with van der Waals surface area (Å²) in [6.07, 6.45) is 9.48. The highest BCUT2D eigenvalue weighted by atomic mass is 33.1. The Labute approximate surface area is 99.3 Å². The molecule has 1 unspecified atom stereocenters. The van der Waals surface area contributed by atoms with E-state index in [0.29, 0.717) is 11.7 Å². The summed E-state index contributed by atoms with van der Waals surface area (Å²) in [7, 11) is 3.77. The molecule has 15 heavy (non-hydrogen) atoms. The van der Waals surface area contributed by atoms with Crippen LogP contribution in [0.1, 0.15) is 44.9 Å². The predicted molar refractivity (Wildman–Crippen MR) is 68.1 cm³/mol. The van der Waals surface area contributed by atoms with Crippen LogP contribution in [0.2, 0.25) is 0 Å². The number of aliphatic carboxylic acids is 1. The second-order valence-electron chi connectivity index (χ2n) is 3.76. The van der Waals surface area contributed by atoms with Crippen molar-refractivity contribution >= 4 is 27.6 Å². The van der Waals surface area contributed by atoms with Crippen molar-refractivity contribution in [3.05, 3.63) is 11.5 Å². The summed E-state index contributed by atoms with van der Waals surface area (Å²) in [4.78, 5) is 10.2. The van der Waals surface area contributed by atoms with Gasteiger partial charge in [0.1, 0.15) is 0 Å². The molecule has 1 N–H and O–H groups in total. The van der Waals surface area contributed by atoms with Crippen LogP contribution in [-0.2, 0) is 4.79 Å². The molecule has 0 radical (unpaired) electrons. The first-order chi connectivity index (χ1) is 7.29. The third kappa shape index (κ3) is 6.90. The van der Waals surface area contributed by atoms with E-state index in [9.17, 15) is 4.79 Å². The maximum Gasteiger partial charge on any atom is 0.303 e. The van der Waals surface area contributed by atoms with Crippen molar-refractivity contribution in [3.8, 4) is 0 Å². The summed E-state index contributed by atoms with van der Waals surface area (Å²) in [6.45, 7) is 0. The first kappa shape index (κ1) is 13.0. The van der Waals surface area contributed by atoms with Crippen LogP contribution in [0.3, 0.4) is 0 Å². The van der Waals surface area contributed by atoms with Crippen molar-refractivity contribution < 1.29 is 9.90 Å². The number of rotatable bonds is 8. The molecule has 0 saturated heterocycles. The fraction of sp³-hybridized carbons (Fsp3) is 0.727. The van der Waals surface area contributed by atoms with Crippen molar-refractivity contribution in [2.75, 3.05) is 0 Å². The standard InChI is InChI=1S/C11H18O2S2/c12-11(13)7-5-3-1-2-4-6-10-8-9-14-15-10/h8-10H,1-7H2,(H,12,13). The number of hydrogen-bond donors (Lipinski definition) is 1. The first-order valence-electron chi connectivity index (χ1n) is 5.49. The van der Waals surface area contributed by atoms with Gasteiger partial charge in [-0.25, -0.2) is 0 Å². The smallest absolute Gasteiger partial charge is 0.303 e. The van der Waals surface area contributed by atoms with Gasteiger partial charge in [0, 0.05) is 11.7 Å². The molecule has 0 bridgehead atoms. The molecule has 0 aromatic heterocycles. The van der Waals surface area contributed by atoms with Gasteiger partial charge in [-0.05, 0) is 18.2 Å². The molecule has 0 aliphatic carbocycles. The van der Waals surface area contributed by atoms with E-state index in [1.54, 1.807) is 0 Å². The second kappa shape index (κ2) is 8.11.